The van der Waals surface area contributed by atoms with E-state index in [4.69, 9.17) is 21.1 Å². The van der Waals surface area contributed by atoms with Crippen molar-refractivity contribution in [2.45, 2.75) is 26.2 Å². The molecular weight excluding hydrogens is 404 g/mol. The number of rotatable bonds is 4. The predicted octanol–water partition coefficient (Wildman–Crippen LogP) is 5.25. The van der Waals surface area contributed by atoms with E-state index in [9.17, 15) is 4.79 Å². The molecule has 0 amide bonds. The minimum atomic E-state index is -0.419. The molecule has 0 radical (unpaired) electrons. The number of nitrogens with zero attached hydrogens (tertiary/aromatic N) is 3. The second-order valence-corrected chi connectivity index (χ2v) is 8.25. The van der Waals surface area contributed by atoms with Crippen molar-refractivity contribution in [3.8, 4) is 22.9 Å². The van der Waals surface area contributed by atoms with Crippen LogP contribution in [0.3, 0.4) is 0 Å². The lowest BCUT2D eigenvalue weighted by Crippen LogP contribution is -2.12. The average Bonchev–Trinajstić information content (AvgIpc) is 3.27. The molecule has 0 saturated heterocycles. The minimum Gasteiger partial charge on any atom is -0.465 e. The van der Waals surface area contributed by atoms with Crippen LogP contribution in [0.4, 0.5) is 0 Å². The molecular formula is C22H21ClN4O3. The number of hydrogen-bond acceptors (Lipinski definition) is 5. The third-order valence-electron chi connectivity index (χ3n) is 4.57. The Morgan fingerprint density at radius 2 is 1.80 bits per heavy atom. The summed E-state index contributed by atoms with van der Waals surface area (Å²) in [5, 5.41) is 8.29. The Morgan fingerprint density at radius 3 is 2.47 bits per heavy atom. The Kier molecular flexibility index (Phi) is 4.99. The number of esters is 1. The highest BCUT2D eigenvalue weighted by Gasteiger charge is 2.24. The van der Waals surface area contributed by atoms with Gasteiger partial charge in [0.25, 0.3) is 0 Å². The number of aromatic nitrogens is 4. The zero-order chi connectivity index (χ0) is 21.5. The second-order valence-electron chi connectivity index (χ2n) is 7.87. The Bertz CT molecular complexity index is 1240. The van der Waals surface area contributed by atoms with E-state index < -0.39 is 5.97 Å². The molecule has 4 rings (SSSR count). The molecule has 0 spiro atoms. The topological polar surface area (TPSA) is 81.5 Å². The van der Waals surface area contributed by atoms with Gasteiger partial charge < -0.3 is 9.47 Å². The van der Waals surface area contributed by atoms with Crippen LogP contribution in [0.2, 0.25) is 5.02 Å². The Hall–Kier alpha value is -3.32. The molecule has 0 aliphatic carbocycles. The van der Waals surface area contributed by atoms with E-state index in [1.54, 1.807) is 28.9 Å². The summed E-state index contributed by atoms with van der Waals surface area (Å²) in [5.74, 6) is 1.22. The summed E-state index contributed by atoms with van der Waals surface area (Å²) in [6.45, 7) is 6.21. The van der Waals surface area contributed by atoms with Gasteiger partial charge in [-0.3, -0.25) is 5.10 Å². The van der Waals surface area contributed by atoms with Gasteiger partial charge >= 0.3 is 5.97 Å². The van der Waals surface area contributed by atoms with Crippen molar-refractivity contribution in [2.24, 2.45) is 0 Å². The fourth-order valence-corrected chi connectivity index (χ4v) is 3.51. The van der Waals surface area contributed by atoms with Gasteiger partial charge in [-0.2, -0.15) is 4.63 Å². The molecule has 0 aliphatic heterocycles. The summed E-state index contributed by atoms with van der Waals surface area (Å²) in [6.07, 6.45) is 0. The lowest BCUT2D eigenvalue weighted by molar-refractivity contribution is 0.0600. The fourth-order valence-electron chi connectivity index (χ4n) is 3.06. The fraction of sp³-hybridized carbons (Fsp3) is 0.227. The molecule has 4 aromatic rings. The largest absolute Gasteiger partial charge is 0.465 e. The van der Waals surface area contributed by atoms with Crippen molar-refractivity contribution in [1.29, 1.82) is 0 Å². The number of aromatic amines is 1. The molecule has 0 fully saturated rings. The lowest BCUT2D eigenvalue weighted by Gasteiger charge is -2.16. The van der Waals surface area contributed by atoms with Crippen molar-refractivity contribution in [2.75, 3.05) is 7.11 Å². The van der Waals surface area contributed by atoms with Crippen molar-refractivity contribution in [3.63, 3.8) is 0 Å². The number of carbonyl (C=O) groups excluding carboxylic acids is 1. The van der Waals surface area contributed by atoms with Crippen molar-refractivity contribution >= 4 is 23.2 Å². The highest BCUT2D eigenvalue weighted by atomic mass is 35.5. The quantitative estimate of drug-likeness (QED) is 0.452. The summed E-state index contributed by atoms with van der Waals surface area (Å²) in [5.41, 5.74) is 2.51. The van der Waals surface area contributed by atoms with Gasteiger partial charge in [-0.25, -0.2) is 9.78 Å². The maximum Gasteiger partial charge on any atom is 0.337 e. The number of hydrogen-bond donors (Lipinski definition) is 1. The maximum atomic E-state index is 11.7. The van der Waals surface area contributed by atoms with Crippen LogP contribution in [0, 0.1) is 0 Å². The SMILES string of the molecule is COC(=O)c1cccc(Oc2cccc(-c3nc4c(Cl)c(C(C)(C)C)[nH]n4n3)c2)c1. The van der Waals surface area contributed by atoms with Gasteiger partial charge in [-0.15, -0.1) is 5.10 Å². The monoisotopic (exact) mass is 424 g/mol. The summed E-state index contributed by atoms with van der Waals surface area (Å²) in [6, 6.07) is 14.2. The van der Waals surface area contributed by atoms with Crippen molar-refractivity contribution in [1.82, 2.24) is 19.8 Å². The Balaban J connectivity index is 1.63. The number of ether oxygens (including phenoxy) is 2. The number of carbonyl (C=O) groups is 1. The molecule has 2 heterocycles. The molecule has 0 saturated carbocycles. The van der Waals surface area contributed by atoms with Crippen LogP contribution in [-0.4, -0.2) is 32.9 Å². The van der Waals surface area contributed by atoms with Gasteiger partial charge in [0.05, 0.1) is 18.4 Å². The van der Waals surface area contributed by atoms with Crippen LogP contribution in [0.25, 0.3) is 17.0 Å². The smallest absolute Gasteiger partial charge is 0.337 e. The van der Waals surface area contributed by atoms with Gasteiger partial charge in [0, 0.05) is 11.0 Å². The van der Waals surface area contributed by atoms with E-state index in [2.05, 4.69) is 36.0 Å². The Morgan fingerprint density at radius 1 is 1.10 bits per heavy atom. The van der Waals surface area contributed by atoms with Crippen LogP contribution in [0.5, 0.6) is 11.5 Å². The van der Waals surface area contributed by atoms with E-state index in [1.807, 2.05) is 24.3 Å². The van der Waals surface area contributed by atoms with E-state index in [0.717, 1.165) is 11.3 Å². The van der Waals surface area contributed by atoms with Gasteiger partial charge in [0.2, 0.25) is 0 Å². The van der Waals surface area contributed by atoms with Gasteiger partial charge in [0.1, 0.15) is 16.5 Å². The van der Waals surface area contributed by atoms with E-state index in [1.165, 1.54) is 7.11 Å². The van der Waals surface area contributed by atoms with Crippen LogP contribution in [0.15, 0.2) is 48.5 Å². The molecule has 0 atom stereocenters. The highest BCUT2D eigenvalue weighted by molar-refractivity contribution is 6.34. The molecule has 30 heavy (non-hydrogen) atoms. The lowest BCUT2D eigenvalue weighted by atomic mass is 9.92. The van der Waals surface area contributed by atoms with Crippen LogP contribution >= 0.6 is 11.6 Å². The molecule has 8 heteroatoms. The zero-order valence-corrected chi connectivity index (χ0v) is 17.8. The number of fused-ring (bicyclic) bond motifs is 1. The highest BCUT2D eigenvalue weighted by Crippen LogP contribution is 2.32. The molecule has 2 aromatic carbocycles. The number of benzene rings is 2. The van der Waals surface area contributed by atoms with Crippen LogP contribution < -0.4 is 4.74 Å². The first kappa shape index (κ1) is 20.0. The minimum absolute atomic E-state index is 0.147. The number of H-pyrrole nitrogens is 1. The second kappa shape index (κ2) is 7.50. The van der Waals surface area contributed by atoms with E-state index in [-0.39, 0.29) is 5.41 Å². The first-order chi connectivity index (χ1) is 14.3. The third kappa shape index (κ3) is 3.76. The van der Waals surface area contributed by atoms with E-state index in [0.29, 0.717) is 33.6 Å². The summed E-state index contributed by atoms with van der Waals surface area (Å²) >= 11 is 6.52. The van der Waals surface area contributed by atoms with Gasteiger partial charge in [-0.05, 0) is 30.3 Å². The molecule has 0 aliphatic rings. The predicted molar refractivity (Wildman–Crippen MR) is 114 cm³/mol. The molecule has 2 aromatic heterocycles. The number of nitrogens with one attached hydrogen (secondary N) is 1. The zero-order valence-electron chi connectivity index (χ0n) is 17.1. The molecule has 154 valence electrons. The first-order valence-corrected chi connectivity index (χ1v) is 9.75. The maximum absolute atomic E-state index is 11.7. The van der Waals surface area contributed by atoms with Gasteiger partial charge in [-0.1, -0.05) is 50.6 Å². The summed E-state index contributed by atoms with van der Waals surface area (Å²) in [4.78, 5) is 16.3. The standard InChI is InChI=1S/C22H21ClN4O3/c1-22(2,3)18-17(23)20-24-19(26-27(20)25-18)13-7-5-9-15(11-13)30-16-10-6-8-14(12-16)21(28)29-4/h5-12,25H,1-4H3. The van der Waals surface area contributed by atoms with E-state index >= 15 is 0 Å². The summed E-state index contributed by atoms with van der Waals surface area (Å²) < 4.78 is 12.3. The third-order valence-corrected chi connectivity index (χ3v) is 4.93. The average molecular weight is 425 g/mol. The normalized spacial score (nSPS) is 11.6. The molecule has 0 bridgehead atoms. The number of halogens is 1. The first-order valence-electron chi connectivity index (χ1n) is 9.37. The Labute approximate surface area is 178 Å². The van der Waals surface area contributed by atoms with Crippen molar-refractivity contribution in [3.05, 3.63) is 64.8 Å². The van der Waals surface area contributed by atoms with Crippen molar-refractivity contribution < 1.29 is 14.3 Å². The molecule has 1 N–H and O–H groups in total. The van der Waals surface area contributed by atoms with Gasteiger partial charge in [0.15, 0.2) is 11.5 Å². The van der Waals surface area contributed by atoms with Crippen LogP contribution in [-0.2, 0) is 10.2 Å². The summed E-state index contributed by atoms with van der Waals surface area (Å²) in [7, 11) is 1.34. The molecule has 0 unspecified atom stereocenters. The molecule has 7 nitrogen and oxygen atoms in total. The number of methoxy groups -OCH3 is 1. The van der Waals surface area contributed by atoms with Crippen LogP contribution in [0.1, 0.15) is 36.8 Å².